The highest BCUT2D eigenvalue weighted by molar-refractivity contribution is 6.46. The summed E-state index contributed by atoms with van der Waals surface area (Å²) in [6.07, 6.45) is 1.74. The lowest BCUT2D eigenvalue weighted by atomic mass is 9.98. The topological polar surface area (TPSA) is 59.1 Å². The lowest BCUT2D eigenvalue weighted by molar-refractivity contribution is -0.120. The van der Waals surface area contributed by atoms with Crippen LogP contribution in [0.4, 0.5) is 15.8 Å². The third-order valence-corrected chi connectivity index (χ3v) is 6.20. The van der Waals surface area contributed by atoms with E-state index in [1.165, 1.54) is 38.5 Å². The number of hydrogen-bond acceptors (Lipinski definition) is 5. The molecule has 5 rings (SSSR count). The molecule has 0 N–H and O–H groups in total. The zero-order chi connectivity index (χ0) is 23.8. The molecule has 0 bridgehead atoms. The van der Waals surface area contributed by atoms with Gasteiger partial charge in [-0.05, 0) is 66.4 Å². The molecular weight excluding hydrogens is 435 g/mol. The molecule has 0 spiro atoms. The highest BCUT2D eigenvalue weighted by atomic mass is 19.1. The zero-order valence-corrected chi connectivity index (χ0v) is 18.9. The molecule has 0 radical (unpaired) electrons. The minimum absolute atomic E-state index is 0.270. The van der Waals surface area contributed by atoms with Gasteiger partial charge in [-0.1, -0.05) is 24.3 Å². The third-order valence-electron chi connectivity index (χ3n) is 6.20. The van der Waals surface area contributed by atoms with Crippen LogP contribution in [0.2, 0.25) is 0 Å². The van der Waals surface area contributed by atoms with Crippen LogP contribution in [0.15, 0.2) is 72.4 Å². The monoisotopic (exact) mass is 458 g/mol. The van der Waals surface area contributed by atoms with Crippen LogP contribution in [-0.4, -0.2) is 32.6 Å². The highest BCUT2D eigenvalue weighted by Crippen LogP contribution is 2.41. The fraction of sp³-hybridized carbons (Fsp3) is 0.185. The van der Waals surface area contributed by atoms with E-state index in [-0.39, 0.29) is 5.57 Å². The number of halogens is 1. The molecule has 3 aromatic carbocycles. The van der Waals surface area contributed by atoms with Crippen LogP contribution in [0, 0.1) is 5.82 Å². The van der Waals surface area contributed by atoms with Gasteiger partial charge >= 0.3 is 0 Å². The van der Waals surface area contributed by atoms with Gasteiger partial charge in [0.2, 0.25) is 0 Å². The summed E-state index contributed by atoms with van der Waals surface area (Å²) < 4.78 is 24.4. The van der Waals surface area contributed by atoms with Gasteiger partial charge in [0.15, 0.2) is 11.5 Å². The first-order valence-electron chi connectivity index (χ1n) is 11.0. The standard InChI is InChI=1S/C27H23FN2O4/c1-33-22-14-9-18(16-23(22)34-2)24-25(29-15-5-7-17-6-3-4-8-21(17)29)27(32)30(26(24)31)20-12-10-19(28)11-13-20/h3-4,6,8-14,16H,5,7,15H2,1-2H3. The van der Waals surface area contributed by atoms with Gasteiger partial charge in [0.25, 0.3) is 11.8 Å². The highest BCUT2D eigenvalue weighted by Gasteiger charge is 2.43. The van der Waals surface area contributed by atoms with Gasteiger partial charge < -0.3 is 14.4 Å². The number of carbonyl (C=O) groups excluding carboxylic acids is 2. The van der Waals surface area contributed by atoms with Crippen molar-refractivity contribution in [1.82, 2.24) is 0 Å². The molecule has 2 aliphatic rings. The van der Waals surface area contributed by atoms with Crippen molar-refractivity contribution < 1.29 is 23.5 Å². The Labute approximate surface area is 196 Å². The predicted molar refractivity (Wildman–Crippen MR) is 127 cm³/mol. The van der Waals surface area contributed by atoms with Crippen molar-refractivity contribution in [3.63, 3.8) is 0 Å². The number of imide groups is 1. The maximum atomic E-state index is 13.8. The number of methoxy groups -OCH3 is 2. The average molecular weight is 458 g/mol. The molecular formula is C27H23FN2O4. The van der Waals surface area contributed by atoms with Gasteiger partial charge in [-0.2, -0.15) is 0 Å². The fourth-order valence-electron chi connectivity index (χ4n) is 4.61. The molecule has 6 nitrogen and oxygen atoms in total. The summed E-state index contributed by atoms with van der Waals surface area (Å²) >= 11 is 0. The van der Waals surface area contributed by atoms with Crippen LogP contribution in [0.1, 0.15) is 17.5 Å². The van der Waals surface area contributed by atoms with E-state index in [9.17, 15) is 14.0 Å². The first kappa shape index (κ1) is 21.7. The second-order valence-corrected chi connectivity index (χ2v) is 8.10. The lowest BCUT2D eigenvalue weighted by Crippen LogP contribution is -2.37. The smallest absolute Gasteiger partial charge is 0.282 e. The van der Waals surface area contributed by atoms with Crippen molar-refractivity contribution >= 4 is 28.8 Å². The van der Waals surface area contributed by atoms with E-state index < -0.39 is 17.6 Å². The van der Waals surface area contributed by atoms with Crippen molar-refractivity contribution in [2.75, 3.05) is 30.6 Å². The van der Waals surface area contributed by atoms with Gasteiger partial charge in [-0.3, -0.25) is 9.59 Å². The minimum Gasteiger partial charge on any atom is -0.493 e. The fourth-order valence-corrected chi connectivity index (χ4v) is 4.61. The van der Waals surface area contributed by atoms with Crippen molar-refractivity contribution in [2.24, 2.45) is 0 Å². The molecule has 0 aliphatic carbocycles. The molecule has 3 aromatic rings. The van der Waals surface area contributed by atoms with Crippen molar-refractivity contribution in [2.45, 2.75) is 12.8 Å². The van der Waals surface area contributed by atoms with Gasteiger partial charge in [0.05, 0.1) is 25.5 Å². The number of anilines is 2. The summed E-state index contributed by atoms with van der Waals surface area (Å²) in [7, 11) is 3.05. The summed E-state index contributed by atoms with van der Waals surface area (Å²) in [5, 5.41) is 0. The number of nitrogens with zero attached hydrogens (tertiary/aromatic N) is 2. The van der Waals surface area contributed by atoms with E-state index in [2.05, 4.69) is 0 Å². The lowest BCUT2D eigenvalue weighted by Gasteiger charge is -2.32. The molecule has 34 heavy (non-hydrogen) atoms. The van der Waals surface area contributed by atoms with Crippen LogP contribution in [0.3, 0.4) is 0 Å². The molecule has 172 valence electrons. The number of hydrogen-bond donors (Lipinski definition) is 0. The van der Waals surface area contributed by atoms with E-state index in [0.717, 1.165) is 29.0 Å². The normalized spacial score (nSPS) is 15.6. The van der Waals surface area contributed by atoms with Crippen LogP contribution in [0.5, 0.6) is 11.5 Å². The summed E-state index contributed by atoms with van der Waals surface area (Å²) in [5.74, 6) is -0.392. The molecule has 2 heterocycles. The third kappa shape index (κ3) is 3.50. The van der Waals surface area contributed by atoms with Gasteiger partial charge in [-0.15, -0.1) is 0 Å². The Bertz CT molecular complexity index is 1320. The molecule has 0 aromatic heterocycles. The quantitative estimate of drug-likeness (QED) is 0.524. The number of ether oxygens (including phenoxy) is 2. The Morgan fingerprint density at radius 1 is 0.853 bits per heavy atom. The van der Waals surface area contributed by atoms with E-state index in [1.807, 2.05) is 29.2 Å². The number of benzene rings is 3. The Kier molecular flexibility index (Phi) is 5.53. The number of carbonyl (C=O) groups is 2. The second-order valence-electron chi connectivity index (χ2n) is 8.10. The average Bonchev–Trinajstić information content (AvgIpc) is 3.13. The first-order valence-corrected chi connectivity index (χ1v) is 11.0. The van der Waals surface area contributed by atoms with E-state index in [0.29, 0.717) is 35.0 Å². The Morgan fingerprint density at radius 3 is 2.32 bits per heavy atom. The SMILES string of the molecule is COc1ccc(C2=C(N3CCCc4ccccc43)C(=O)N(c3ccc(F)cc3)C2=O)cc1OC. The zero-order valence-electron chi connectivity index (χ0n) is 18.9. The van der Waals surface area contributed by atoms with E-state index >= 15 is 0 Å². The molecule has 0 atom stereocenters. The van der Waals surface area contributed by atoms with Crippen molar-refractivity contribution in [3.05, 3.63) is 89.4 Å². The van der Waals surface area contributed by atoms with Crippen LogP contribution < -0.4 is 19.3 Å². The molecule has 2 amide bonds. The molecule has 0 unspecified atom stereocenters. The maximum absolute atomic E-state index is 13.8. The Balaban J connectivity index is 1.71. The number of rotatable bonds is 5. The number of aryl methyl sites for hydroxylation is 1. The van der Waals surface area contributed by atoms with Crippen LogP contribution in [-0.2, 0) is 16.0 Å². The molecule has 0 saturated carbocycles. The summed E-state index contributed by atoms with van der Waals surface area (Å²) in [4.78, 5) is 30.6. The number of para-hydroxylation sites is 1. The summed E-state index contributed by atoms with van der Waals surface area (Å²) in [6.45, 7) is 0.597. The van der Waals surface area contributed by atoms with E-state index in [1.54, 1.807) is 18.2 Å². The van der Waals surface area contributed by atoms with Gasteiger partial charge in [-0.25, -0.2) is 9.29 Å². The van der Waals surface area contributed by atoms with Crippen LogP contribution >= 0.6 is 0 Å². The van der Waals surface area contributed by atoms with E-state index in [4.69, 9.17) is 9.47 Å². The largest absolute Gasteiger partial charge is 0.493 e. The van der Waals surface area contributed by atoms with Crippen molar-refractivity contribution in [3.8, 4) is 11.5 Å². The second kappa shape index (κ2) is 8.67. The van der Waals surface area contributed by atoms with Gasteiger partial charge in [0, 0.05) is 12.2 Å². The molecule has 2 aliphatic heterocycles. The maximum Gasteiger partial charge on any atom is 0.282 e. The molecule has 7 heteroatoms. The molecule has 0 saturated heterocycles. The first-order chi connectivity index (χ1) is 16.5. The van der Waals surface area contributed by atoms with Crippen LogP contribution in [0.25, 0.3) is 5.57 Å². The summed E-state index contributed by atoms with van der Waals surface area (Å²) in [5.41, 5.74) is 3.45. The van der Waals surface area contributed by atoms with Crippen molar-refractivity contribution in [1.29, 1.82) is 0 Å². The Morgan fingerprint density at radius 2 is 1.59 bits per heavy atom. The minimum atomic E-state index is -0.470. The van der Waals surface area contributed by atoms with Gasteiger partial charge in [0.1, 0.15) is 11.5 Å². The predicted octanol–water partition coefficient (Wildman–Crippen LogP) is 4.58. The Hall–Kier alpha value is -4.13. The summed E-state index contributed by atoms with van der Waals surface area (Å²) in [6, 6.07) is 18.4. The number of fused-ring (bicyclic) bond motifs is 1. The number of amides is 2. The molecule has 0 fully saturated rings.